The summed E-state index contributed by atoms with van der Waals surface area (Å²) in [7, 11) is 0. The third-order valence-corrected chi connectivity index (χ3v) is 1.30. The molecule has 0 N–H and O–H groups in total. The maximum atomic E-state index is 11.2. The lowest BCUT2D eigenvalue weighted by Crippen LogP contribution is -2.34. The number of ether oxygens (including phenoxy) is 1. The van der Waals surface area contributed by atoms with E-state index in [0.717, 1.165) is 5.06 Å². The van der Waals surface area contributed by atoms with Gasteiger partial charge in [-0.25, -0.2) is 4.79 Å². The predicted molar refractivity (Wildman–Crippen MR) is 43.9 cm³/mol. The van der Waals surface area contributed by atoms with Crippen molar-refractivity contribution in [1.82, 2.24) is 5.06 Å². The molecule has 1 amide bonds. The number of hydroxylamine groups is 2. The third kappa shape index (κ3) is 3.02. The molecule has 0 aromatic carbocycles. The fraction of sp³-hybridized carbons (Fsp3) is 0.750. The van der Waals surface area contributed by atoms with Gasteiger partial charge in [-0.2, -0.15) is 5.06 Å². The molecule has 0 spiro atoms. The number of Topliss-reactive ketones (excluding diaryl/α,β-unsaturated/α-hetero) is 1. The van der Waals surface area contributed by atoms with Crippen molar-refractivity contribution < 1.29 is 19.2 Å². The summed E-state index contributed by atoms with van der Waals surface area (Å²) in [6, 6.07) is 0. The van der Waals surface area contributed by atoms with Crippen LogP contribution in [0.3, 0.4) is 0 Å². The molecule has 0 radical (unpaired) electrons. The summed E-state index contributed by atoms with van der Waals surface area (Å²) in [5.41, 5.74) is -0.563. The zero-order valence-corrected chi connectivity index (χ0v) is 7.99. The summed E-state index contributed by atoms with van der Waals surface area (Å²) in [6.07, 6.45) is -0.613. The van der Waals surface area contributed by atoms with Crippen LogP contribution in [0.15, 0.2) is 0 Å². The van der Waals surface area contributed by atoms with Gasteiger partial charge in [0.05, 0.1) is 0 Å². The van der Waals surface area contributed by atoms with Crippen molar-refractivity contribution in [3.63, 3.8) is 0 Å². The van der Waals surface area contributed by atoms with Crippen molar-refractivity contribution in [2.75, 3.05) is 13.2 Å². The largest absolute Gasteiger partial charge is 0.442 e. The summed E-state index contributed by atoms with van der Waals surface area (Å²) in [5, 5.41) is 0.938. The van der Waals surface area contributed by atoms with E-state index in [-0.39, 0.29) is 18.9 Å². The van der Waals surface area contributed by atoms with Crippen molar-refractivity contribution in [2.45, 2.75) is 26.4 Å². The smallest absolute Gasteiger partial charge is 0.434 e. The zero-order chi connectivity index (χ0) is 10.1. The minimum atomic E-state index is -0.613. The monoisotopic (exact) mass is 187 g/mol. The molecule has 5 heteroatoms. The molecule has 1 rings (SSSR count). The number of carbonyl (C=O) groups excluding carboxylic acids is 2. The van der Waals surface area contributed by atoms with Crippen LogP contribution >= 0.6 is 0 Å². The molecular formula is C8H13NO4. The van der Waals surface area contributed by atoms with E-state index in [0.29, 0.717) is 0 Å². The van der Waals surface area contributed by atoms with Crippen LogP contribution in [-0.4, -0.2) is 35.7 Å². The number of hydrogen-bond donors (Lipinski definition) is 0. The molecule has 1 saturated heterocycles. The Balaban J connectivity index is 2.45. The quantitative estimate of drug-likeness (QED) is 0.561. The Hall–Kier alpha value is -1.10. The molecule has 0 atom stereocenters. The van der Waals surface area contributed by atoms with Crippen molar-refractivity contribution >= 4 is 11.9 Å². The van der Waals surface area contributed by atoms with Crippen molar-refractivity contribution in [1.29, 1.82) is 0 Å². The lowest BCUT2D eigenvalue weighted by Gasteiger charge is -2.22. The Morgan fingerprint density at radius 1 is 1.54 bits per heavy atom. The molecule has 0 aromatic rings. The van der Waals surface area contributed by atoms with Crippen molar-refractivity contribution in [3.8, 4) is 0 Å². The van der Waals surface area contributed by atoms with Crippen molar-refractivity contribution in [2.24, 2.45) is 0 Å². The van der Waals surface area contributed by atoms with E-state index < -0.39 is 11.7 Å². The first kappa shape index (κ1) is 9.98. The van der Waals surface area contributed by atoms with Gasteiger partial charge in [0.2, 0.25) is 0 Å². The van der Waals surface area contributed by atoms with E-state index in [2.05, 4.69) is 0 Å². The zero-order valence-electron chi connectivity index (χ0n) is 7.99. The standard InChI is InChI=1S/C8H13NO4/c1-8(2,3)13-7(11)9-4-6(10)5-12-9/h4-5H2,1-3H3. The van der Waals surface area contributed by atoms with E-state index >= 15 is 0 Å². The lowest BCUT2D eigenvalue weighted by atomic mass is 10.2. The molecule has 5 nitrogen and oxygen atoms in total. The van der Waals surface area contributed by atoms with E-state index in [4.69, 9.17) is 9.57 Å². The normalized spacial score (nSPS) is 17.8. The molecule has 0 aliphatic carbocycles. The van der Waals surface area contributed by atoms with Gasteiger partial charge in [0.15, 0.2) is 5.78 Å². The highest BCUT2D eigenvalue weighted by Gasteiger charge is 2.29. The highest BCUT2D eigenvalue weighted by atomic mass is 16.7. The second kappa shape index (κ2) is 3.33. The van der Waals surface area contributed by atoms with Gasteiger partial charge >= 0.3 is 6.09 Å². The summed E-state index contributed by atoms with van der Waals surface area (Å²) in [6.45, 7) is 5.20. The van der Waals surface area contributed by atoms with Crippen LogP contribution in [0.1, 0.15) is 20.8 Å². The highest BCUT2D eigenvalue weighted by molar-refractivity contribution is 5.86. The van der Waals surface area contributed by atoms with E-state index in [1.807, 2.05) is 0 Å². The van der Waals surface area contributed by atoms with Crippen LogP contribution in [0.4, 0.5) is 4.79 Å². The Bertz CT molecular complexity index is 231. The minimum absolute atomic E-state index is 0.0189. The van der Waals surface area contributed by atoms with Gasteiger partial charge in [0.25, 0.3) is 0 Å². The third-order valence-electron chi connectivity index (χ3n) is 1.30. The maximum absolute atomic E-state index is 11.2. The van der Waals surface area contributed by atoms with Crippen molar-refractivity contribution in [3.05, 3.63) is 0 Å². The topological polar surface area (TPSA) is 55.8 Å². The number of amides is 1. The molecule has 0 saturated carbocycles. The Morgan fingerprint density at radius 3 is 2.54 bits per heavy atom. The molecule has 74 valence electrons. The van der Waals surface area contributed by atoms with Crippen LogP contribution in [0.25, 0.3) is 0 Å². The lowest BCUT2D eigenvalue weighted by molar-refractivity contribution is -0.118. The molecule has 0 bridgehead atoms. The molecule has 1 fully saturated rings. The molecule has 1 aliphatic heterocycles. The fourth-order valence-electron chi connectivity index (χ4n) is 0.831. The summed E-state index contributed by atoms with van der Waals surface area (Å²) < 4.78 is 4.98. The van der Waals surface area contributed by atoms with E-state index in [1.165, 1.54) is 0 Å². The summed E-state index contributed by atoms with van der Waals surface area (Å²) >= 11 is 0. The molecule has 0 unspecified atom stereocenters. The van der Waals surface area contributed by atoms with Crippen LogP contribution in [0.2, 0.25) is 0 Å². The van der Waals surface area contributed by atoms with Crippen LogP contribution in [0.5, 0.6) is 0 Å². The summed E-state index contributed by atoms with van der Waals surface area (Å²) in [4.78, 5) is 26.8. The molecule has 1 aliphatic rings. The highest BCUT2D eigenvalue weighted by Crippen LogP contribution is 2.12. The van der Waals surface area contributed by atoms with Gasteiger partial charge in [-0.3, -0.25) is 9.63 Å². The van der Waals surface area contributed by atoms with Gasteiger partial charge in [-0.05, 0) is 20.8 Å². The molecule has 1 heterocycles. The first-order chi connectivity index (χ1) is 5.88. The number of rotatable bonds is 0. The SMILES string of the molecule is CC(C)(C)OC(=O)N1CC(=O)CO1. The second-order valence-electron chi connectivity index (χ2n) is 3.83. The van der Waals surface area contributed by atoms with Crippen LogP contribution in [-0.2, 0) is 14.4 Å². The number of nitrogens with zero attached hydrogens (tertiary/aromatic N) is 1. The molecular weight excluding hydrogens is 174 g/mol. The van der Waals surface area contributed by atoms with Gasteiger partial charge in [-0.1, -0.05) is 0 Å². The number of ketones is 1. The average Bonchev–Trinajstić information content (AvgIpc) is 2.31. The minimum Gasteiger partial charge on any atom is -0.442 e. The van der Waals surface area contributed by atoms with Gasteiger partial charge in [-0.15, -0.1) is 0 Å². The molecule has 13 heavy (non-hydrogen) atoms. The van der Waals surface area contributed by atoms with Crippen LogP contribution in [0, 0.1) is 0 Å². The average molecular weight is 187 g/mol. The predicted octanol–water partition coefficient (Wildman–Crippen LogP) is 0.738. The number of carbonyl (C=O) groups is 2. The molecule has 0 aromatic heterocycles. The van der Waals surface area contributed by atoms with Gasteiger partial charge in [0, 0.05) is 0 Å². The van der Waals surface area contributed by atoms with Gasteiger partial charge < -0.3 is 4.74 Å². The van der Waals surface area contributed by atoms with Crippen LogP contribution < -0.4 is 0 Å². The Kier molecular flexibility index (Phi) is 2.56. The summed E-state index contributed by atoms with van der Waals surface area (Å²) in [5.74, 6) is -0.120. The Labute approximate surface area is 76.6 Å². The first-order valence-corrected chi connectivity index (χ1v) is 4.03. The second-order valence-corrected chi connectivity index (χ2v) is 3.83. The first-order valence-electron chi connectivity index (χ1n) is 4.03. The van der Waals surface area contributed by atoms with Gasteiger partial charge in [0.1, 0.15) is 18.8 Å². The maximum Gasteiger partial charge on any atom is 0.434 e. The van der Waals surface area contributed by atoms with E-state index in [9.17, 15) is 9.59 Å². The fourth-order valence-corrected chi connectivity index (χ4v) is 0.831. The van der Waals surface area contributed by atoms with E-state index in [1.54, 1.807) is 20.8 Å². The number of hydrogen-bond acceptors (Lipinski definition) is 4. The Morgan fingerprint density at radius 2 is 2.15 bits per heavy atom.